The summed E-state index contributed by atoms with van der Waals surface area (Å²) in [5, 5.41) is 1.93. The van der Waals surface area contributed by atoms with E-state index in [1.165, 1.54) is 0 Å². The highest BCUT2D eigenvalue weighted by Gasteiger charge is 2.07. The van der Waals surface area contributed by atoms with Crippen molar-refractivity contribution in [2.75, 3.05) is 0 Å². The second-order valence-electron chi connectivity index (χ2n) is 4.44. The van der Waals surface area contributed by atoms with Gasteiger partial charge in [-0.15, -0.1) is 0 Å². The Bertz CT molecular complexity index is 913. The molecule has 4 nitrogen and oxygen atoms in total. The van der Waals surface area contributed by atoms with Gasteiger partial charge in [-0.1, -0.05) is 18.2 Å². The first kappa shape index (κ1) is 11.0. The normalized spacial score (nSPS) is 11.0. The van der Waals surface area contributed by atoms with E-state index in [1.54, 1.807) is 12.5 Å². The van der Waals surface area contributed by atoms with E-state index in [0.717, 1.165) is 27.4 Å². The number of rotatable bonds is 1. The minimum Gasteiger partial charge on any atom is -0.244 e. The summed E-state index contributed by atoms with van der Waals surface area (Å²) in [6.45, 7) is 0. The molecule has 4 aromatic rings. The highest BCUT2D eigenvalue weighted by molar-refractivity contribution is 5.93. The first-order valence-corrected chi connectivity index (χ1v) is 6.24. The molecule has 0 saturated carbocycles. The molecule has 4 heteroatoms. The highest BCUT2D eigenvalue weighted by atomic mass is 14.9. The molecule has 4 rings (SSSR count). The molecule has 0 aliphatic carbocycles. The Balaban J connectivity index is 2.01. The van der Waals surface area contributed by atoms with Crippen LogP contribution in [0.2, 0.25) is 0 Å². The smallest absolute Gasteiger partial charge is 0.160 e. The van der Waals surface area contributed by atoms with Crippen LogP contribution in [0.25, 0.3) is 33.2 Å². The van der Waals surface area contributed by atoms with Crippen LogP contribution in [0.15, 0.2) is 55.1 Å². The number of hydrogen-bond donors (Lipinski definition) is 0. The van der Waals surface area contributed by atoms with Gasteiger partial charge >= 0.3 is 0 Å². The van der Waals surface area contributed by atoms with Crippen molar-refractivity contribution in [2.24, 2.45) is 0 Å². The summed E-state index contributed by atoms with van der Waals surface area (Å²) in [6.07, 6.45) is 5.16. The molecule has 0 unspecified atom stereocenters. The van der Waals surface area contributed by atoms with Crippen LogP contribution in [0.4, 0.5) is 0 Å². The lowest BCUT2D eigenvalue weighted by molar-refractivity contribution is 1.21. The molecule has 0 atom stereocenters. The van der Waals surface area contributed by atoms with Crippen molar-refractivity contribution in [3.63, 3.8) is 0 Å². The van der Waals surface area contributed by atoms with Crippen molar-refractivity contribution >= 4 is 21.8 Å². The van der Waals surface area contributed by atoms with Crippen molar-refractivity contribution < 1.29 is 0 Å². The largest absolute Gasteiger partial charge is 0.244 e. The number of aromatic nitrogens is 4. The lowest BCUT2D eigenvalue weighted by Crippen LogP contribution is -1.92. The molecular weight excluding hydrogens is 248 g/mol. The monoisotopic (exact) mass is 257 g/mol. The molecule has 2 heterocycles. The Morgan fingerprint density at radius 3 is 2.95 bits per heavy atom. The molecule has 0 aliphatic rings. The van der Waals surface area contributed by atoms with E-state index in [1.807, 2.05) is 42.6 Å². The zero-order valence-corrected chi connectivity index (χ0v) is 10.5. The van der Waals surface area contributed by atoms with Gasteiger partial charge in [-0.2, -0.15) is 0 Å². The molecule has 1 radical (unpaired) electrons. The van der Waals surface area contributed by atoms with Crippen LogP contribution in [-0.4, -0.2) is 19.9 Å². The van der Waals surface area contributed by atoms with E-state index in [-0.39, 0.29) is 0 Å². The molecule has 0 aliphatic heterocycles. The van der Waals surface area contributed by atoms with Crippen molar-refractivity contribution in [1.29, 1.82) is 0 Å². The van der Waals surface area contributed by atoms with Crippen LogP contribution in [0.3, 0.4) is 0 Å². The summed E-state index contributed by atoms with van der Waals surface area (Å²) in [5.74, 6) is 0.684. The molecule has 0 amide bonds. The van der Waals surface area contributed by atoms with Gasteiger partial charge in [0, 0.05) is 28.7 Å². The molecule has 0 saturated heterocycles. The maximum Gasteiger partial charge on any atom is 0.160 e. The lowest BCUT2D eigenvalue weighted by Gasteiger charge is -2.05. The van der Waals surface area contributed by atoms with Gasteiger partial charge in [-0.05, 0) is 24.3 Å². The van der Waals surface area contributed by atoms with Crippen molar-refractivity contribution in [3.05, 3.63) is 61.2 Å². The first-order valence-electron chi connectivity index (χ1n) is 6.24. The van der Waals surface area contributed by atoms with E-state index >= 15 is 0 Å². The molecular formula is C16H9N4. The first-order chi connectivity index (χ1) is 9.92. The van der Waals surface area contributed by atoms with E-state index in [0.29, 0.717) is 5.82 Å². The Morgan fingerprint density at radius 1 is 0.950 bits per heavy atom. The van der Waals surface area contributed by atoms with Gasteiger partial charge in [0.15, 0.2) is 5.82 Å². The Morgan fingerprint density at radius 2 is 1.95 bits per heavy atom. The predicted octanol–water partition coefficient (Wildman–Crippen LogP) is 3.04. The summed E-state index contributed by atoms with van der Waals surface area (Å²) in [5.41, 5.74) is 2.74. The fourth-order valence-corrected chi connectivity index (χ4v) is 2.24. The third-order valence-electron chi connectivity index (χ3n) is 3.22. The average Bonchev–Trinajstić information content (AvgIpc) is 2.54. The molecule has 0 spiro atoms. The standard InChI is InChI=1S/C16H9N4/c1-2-6-14-11(4-1)8-18-16(20-14)12-5-3-7-15-13(12)9-17-10-19-15/h2-10H. The number of fused-ring (bicyclic) bond motifs is 2. The molecule has 0 bridgehead atoms. The van der Waals surface area contributed by atoms with Gasteiger partial charge in [-0.3, -0.25) is 0 Å². The summed E-state index contributed by atoms with van der Waals surface area (Å²) >= 11 is 0. The molecule has 0 fully saturated rings. The van der Waals surface area contributed by atoms with Gasteiger partial charge in [0.05, 0.1) is 11.0 Å². The summed E-state index contributed by atoms with van der Waals surface area (Å²) < 4.78 is 0. The number of nitrogens with zero attached hydrogens (tertiary/aromatic N) is 4. The number of hydrogen-bond acceptors (Lipinski definition) is 4. The predicted molar refractivity (Wildman–Crippen MR) is 76.9 cm³/mol. The fraction of sp³-hybridized carbons (Fsp3) is 0. The van der Waals surface area contributed by atoms with Crippen LogP contribution in [0.5, 0.6) is 0 Å². The van der Waals surface area contributed by atoms with Crippen LogP contribution < -0.4 is 0 Å². The fourth-order valence-electron chi connectivity index (χ4n) is 2.24. The molecule has 0 N–H and O–H groups in total. The van der Waals surface area contributed by atoms with E-state index in [4.69, 9.17) is 0 Å². The number of benzene rings is 2. The highest BCUT2D eigenvalue weighted by Crippen LogP contribution is 2.25. The van der Waals surface area contributed by atoms with E-state index in [9.17, 15) is 0 Å². The lowest BCUT2D eigenvalue weighted by atomic mass is 10.1. The zero-order chi connectivity index (χ0) is 13.4. The maximum atomic E-state index is 4.61. The molecule has 2 aromatic carbocycles. The quantitative estimate of drug-likeness (QED) is 0.526. The van der Waals surface area contributed by atoms with E-state index < -0.39 is 0 Å². The minimum absolute atomic E-state index is 0.684. The van der Waals surface area contributed by atoms with Gasteiger partial charge in [-0.25, -0.2) is 19.9 Å². The third-order valence-corrected chi connectivity index (χ3v) is 3.22. The van der Waals surface area contributed by atoms with Crippen LogP contribution in [0, 0.1) is 6.07 Å². The van der Waals surface area contributed by atoms with Gasteiger partial charge < -0.3 is 0 Å². The van der Waals surface area contributed by atoms with Gasteiger partial charge in [0.1, 0.15) is 6.33 Å². The topological polar surface area (TPSA) is 51.6 Å². The Hall–Kier alpha value is -2.88. The second kappa shape index (κ2) is 4.35. The van der Waals surface area contributed by atoms with Crippen molar-refractivity contribution in [2.45, 2.75) is 0 Å². The molecule has 93 valence electrons. The van der Waals surface area contributed by atoms with Crippen molar-refractivity contribution in [1.82, 2.24) is 19.9 Å². The maximum absolute atomic E-state index is 4.61. The summed E-state index contributed by atoms with van der Waals surface area (Å²) in [4.78, 5) is 17.4. The third kappa shape index (κ3) is 1.70. The van der Waals surface area contributed by atoms with E-state index in [2.05, 4.69) is 26.0 Å². The van der Waals surface area contributed by atoms with Crippen LogP contribution in [-0.2, 0) is 0 Å². The second-order valence-corrected chi connectivity index (χ2v) is 4.44. The van der Waals surface area contributed by atoms with Crippen LogP contribution >= 0.6 is 0 Å². The zero-order valence-electron chi connectivity index (χ0n) is 10.5. The SMILES string of the molecule is [c]1ccc2nc(-c3cccc4ncncc34)ncc2c1. The Kier molecular flexibility index (Phi) is 2.39. The summed E-state index contributed by atoms with van der Waals surface area (Å²) in [6, 6.07) is 14.6. The summed E-state index contributed by atoms with van der Waals surface area (Å²) in [7, 11) is 0. The Labute approximate surface area is 115 Å². The van der Waals surface area contributed by atoms with Crippen molar-refractivity contribution in [3.8, 4) is 11.4 Å². The molecule has 2 aromatic heterocycles. The average molecular weight is 257 g/mol. The van der Waals surface area contributed by atoms with Gasteiger partial charge in [0.2, 0.25) is 0 Å². The van der Waals surface area contributed by atoms with Crippen LogP contribution in [0.1, 0.15) is 0 Å². The van der Waals surface area contributed by atoms with Gasteiger partial charge in [0.25, 0.3) is 0 Å². The minimum atomic E-state index is 0.684. The molecule has 20 heavy (non-hydrogen) atoms.